The highest BCUT2D eigenvalue weighted by molar-refractivity contribution is 5.76. The predicted octanol–water partition coefficient (Wildman–Crippen LogP) is 4.30. The lowest BCUT2D eigenvalue weighted by atomic mass is 10.0. The van der Waals surface area contributed by atoms with Crippen molar-refractivity contribution in [1.82, 2.24) is 5.32 Å². The highest BCUT2D eigenvalue weighted by Crippen LogP contribution is 2.20. The van der Waals surface area contributed by atoms with Crippen LogP contribution in [-0.4, -0.2) is 30.1 Å². The molecule has 32 heavy (non-hydrogen) atoms. The monoisotopic (exact) mass is 435 g/mol. The largest absolute Gasteiger partial charge is 0.479 e. The fraction of sp³-hybridized carbons (Fsp3) is 0.200. The highest BCUT2D eigenvalue weighted by Gasteiger charge is 2.32. The average molecular weight is 435 g/mol. The molecule has 3 aromatic carbocycles. The van der Waals surface area contributed by atoms with Gasteiger partial charge in [-0.05, 0) is 16.7 Å². The molecule has 0 aromatic heterocycles. The van der Waals surface area contributed by atoms with Gasteiger partial charge in [-0.15, -0.1) is 0 Å². The second-order valence-corrected chi connectivity index (χ2v) is 6.97. The third-order valence-electron chi connectivity index (χ3n) is 4.63. The lowest BCUT2D eigenvalue weighted by Crippen LogP contribution is -2.42. The molecule has 0 heterocycles. The number of ether oxygens (including phenoxy) is 3. The van der Waals surface area contributed by atoms with Crippen molar-refractivity contribution in [3.05, 3.63) is 108 Å². The molecular weight excluding hydrogens is 410 g/mol. The number of amides is 1. The van der Waals surface area contributed by atoms with E-state index >= 15 is 0 Å². The minimum absolute atomic E-state index is 0.0625. The zero-order chi connectivity index (χ0) is 22.6. The van der Waals surface area contributed by atoms with E-state index in [1.165, 1.54) is 0 Å². The smallest absolute Gasteiger partial charge is 0.408 e. The third kappa shape index (κ3) is 7.23. The molecule has 3 rings (SSSR count). The van der Waals surface area contributed by atoms with Crippen LogP contribution in [0.25, 0.3) is 0 Å². The van der Waals surface area contributed by atoms with Gasteiger partial charge in [-0.3, -0.25) is 0 Å². The van der Waals surface area contributed by atoms with Crippen LogP contribution in [0.2, 0.25) is 0 Å². The number of carboxylic acids is 1. The fourth-order valence-electron chi connectivity index (χ4n) is 3.05. The number of hydrogen-bond acceptors (Lipinski definition) is 5. The first-order valence-corrected chi connectivity index (χ1v) is 10.1. The number of aliphatic carboxylic acids is 1. The van der Waals surface area contributed by atoms with E-state index in [0.717, 1.165) is 11.1 Å². The van der Waals surface area contributed by atoms with Crippen molar-refractivity contribution in [2.45, 2.75) is 25.4 Å². The first-order valence-electron chi connectivity index (χ1n) is 10.1. The first kappa shape index (κ1) is 23.0. The van der Waals surface area contributed by atoms with Crippen molar-refractivity contribution in [2.24, 2.45) is 0 Å². The molecule has 3 aromatic rings. The van der Waals surface area contributed by atoms with Crippen molar-refractivity contribution in [3.63, 3.8) is 0 Å². The standard InChI is InChI=1S/C25H25NO6/c27-24(28)23(32-18-30-16-19-10-4-1-5-11-19)22(21-14-8-3-9-15-21)26-25(29)31-17-20-12-6-2-7-13-20/h1-15,22-23H,16-18H2,(H,26,29)(H,27,28)/t22-,23+/m0/s1. The molecule has 0 aliphatic rings. The minimum Gasteiger partial charge on any atom is -0.479 e. The molecule has 166 valence electrons. The SMILES string of the molecule is O=C(N[C@@H](c1ccccc1)[C@@H](OCOCc1ccccc1)C(=O)O)OCc1ccccc1. The van der Waals surface area contributed by atoms with Gasteiger partial charge >= 0.3 is 12.1 Å². The molecule has 0 aliphatic carbocycles. The summed E-state index contributed by atoms with van der Waals surface area (Å²) >= 11 is 0. The number of carbonyl (C=O) groups excluding carboxylic acids is 1. The van der Waals surface area contributed by atoms with E-state index in [-0.39, 0.29) is 20.0 Å². The van der Waals surface area contributed by atoms with Crippen molar-refractivity contribution in [3.8, 4) is 0 Å². The summed E-state index contributed by atoms with van der Waals surface area (Å²) in [5.74, 6) is -1.23. The van der Waals surface area contributed by atoms with Crippen LogP contribution in [0.5, 0.6) is 0 Å². The van der Waals surface area contributed by atoms with Crippen molar-refractivity contribution >= 4 is 12.1 Å². The van der Waals surface area contributed by atoms with Crippen LogP contribution in [0.1, 0.15) is 22.7 Å². The molecule has 2 atom stereocenters. The van der Waals surface area contributed by atoms with Gasteiger partial charge in [0.1, 0.15) is 13.4 Å². The van der Waals surface area contributed by atoms with Crippen LogP contribution in [0.4, 0.5) is 4.79 Å². The quantitative estimate of drug-likeness (QED) is 0.345. The van der Waals surface area contributed by atoms with Gasteiger partial charge in [-0.25, -0.2) is 9.59 Å². The van der Waals surface area contributed by atoms with Crippen LogP contribution < -0.4 is 5.32 Å². The van der Waals surface area contributed by atoms with E-state index < -0.39 is 24.2 Å². The van der Waals surface area contributed by atoms with Crippen molar-refractivity contribution < 1.29 is 28.9 Å². The molecule has 0 unspecified atom stereocenters. The fourth-order valence-corrected chi connectivity index (χ4v) is 3.05. The number of rotatable bonds is 11. The highest BCUT2D eigenvalue weighted by atomic mass is 16.7. The summed E-state index contributed by atoms with van der Waals surface area (Å²) in [7, 11) is 0. The second kappa shape index (κ2) is 12.2. The molecular formula is C25H25NO6. The molecule has 0 saturated heterocycles. The maximum absolute atomic E-state index is 12.4. The van der Waals surface area contributed by atoms with Crippen LogP contribution in [0.3, 0.4) is 0 Å². The van der Waals surface area contributed by atoms with Gasteiger partial charge in [0.15, 0.2) is 6.10 Å². The molecule has 0 spiro atoms. The predicted molar refractivity (Wildman–Crippen MR) is 118 cm³/mol. The van der Waals surface area contributed by atoms with Crippen LogP contribution >= 0.6 is 0 Å². The van der Waals surface area contributed by atoms with Crippen LogP contribution in [-0.2, 0) is 32.2 Å². The number of alkyl carbamates (subject to hydrolysis) is 1. The van der Waals surface area contributed by atoms with Gasteiger partial charge in [-0.1, -0.05) is 91.0 Å². The van der Waals surface area contributed by atoms with Gasteiger partial charge in [0.2, 0.25) is 0 Å². The van der Waals surface area contributed by atoms with Gasteiger partial charge in [0.25, 0.3) is 0 Å². The Morgan fingerprint density at radius 2 is 1.31 bits per heavy atom. The Morgan fingerprint density at radius 1 is 0.781 bits per heavy atom. The van der Waals surface area contributed by atoms with Gasteiger partial charge in [-0.2, -0.15) is 0 Å². The molecule has 0 radical (unpaired) electrons. The molecule has 0 bridgehead atoms. The summed E-state index contributed by atoms with van der Waals surface area (Å²) < 4.78 is 16.2. The zero-order valence-corrected chi connectivity index (χ0v) is 17.4. The van der Waals surface area contributed by atoms with Crippen molar-refractivity contribution in [1.29, 1.82) is 0 Å². The maximum atomic E-state index is 12.4. The van der Waals surface area contributed by atoms with E-state index in [1.54, 1.807) is 30.3 Å². The lowest BCUT2D eigenvalue weighted by molar-refractivity contribution is -0.165. The Hall–Kier alpha value is -3.68. The van der Waals surface area contributed by atoms with Crippen LogP contribution in [0.15, 0.2) is 91.0 Å². The van der Waals surface area contributed by atoms with Gasteiger partial charge < -0.3 is 24.6 Å². The van der Waals surface area contributed by atoms with E-state index in [2.05, 4.69) is 5.32 Å². The minimum atomic E-state index is -1.38. The summed E-state index contributed by atoms with van der Waals surface area (Å²) in [5.41, 5.74) is 2.32. The molecule has 1 amide bonds. The summed E-state index contributed by atoms with van der Waals surface area (Å²) in [5, 5.41) is 12.4. The second-order valence-electron chi connectivity index (χ2n) is 6.97. The third-order valence-corrected chi connectivity index (χ3v) is 4.63. The zero-order valence-electron chi connectivity index (χ0n) is 17.4. The number of hydrogen-bond donors (Lipinski definition) is 2. The van der Waals surface area contributed by atoms with E-state index in [1.807, 2.05) is 60.7 Å². The maximum Gasteiger partial charge on any atom is 0.408 e. The topological polar surface area (TPSA) is 94.1 Å². The van der Waals surface area contributed by atoms with E-state index in [0.29, 0.717) is 5.56 Å². The van der Waals surface area contributed by atoms with Gasteiger partial charge in [0, 0.05) is 0 Å². The molecule has 7 heteroatoms. The number of carboxylic acid groups (broad SMARTS) is 1. The Morgan fingerprint density at radius 3 is 1.88 bits per heavy atom. The number of benzene rings is 3. The van der Waals surface area contributed by atoms with E-state index in [9.17, 15) is 14.7 Å². The Labute approximate surface area is 186 Å². The summed E-state index contributed by atoms with van der Waals surface area (Å²) in [6.07, 6.45) is -2.12. The normalized spacial score (nSPS) is 12.5. The lowest BCUT2D eigenvalue weighted by Gasteiger charge is -2.25. The summed E-state index contributed by atoms with van der Waals surface area (Å²) in [6, 6.07) is 26.4. The molecule has 0 saturated carbocycles. The summed E-state index contributed by atoms with van der Waals surface area (Å²) in [6.45, 7) is 0.0820. The van der Waals surface area contributed by atoms with Gasteiger partial charge in [0.05, 0.1) is 12.6 Å². The Balaban J connectivity index is 1.63. The van der Waals surface area contributed by atoms with E-state index in [4.69, 9.17) is 14.2 Å². The molecule has 0 fully saturated rings. The molecule has 7 nitrogen and oxygen atoms in total. The Bertz CT molecular complexity index is 965. The average Bonchev–Trinajstić information content (AvgIpc) is 2.83. The van der Waals surface area contributed by atoms with Crippen LogP contribution in [0, 0.1) is 0 Å². The van der Waals surface area contributed by atoms with Crippen molar-refractivity contribution in [2.75, 3.05) is 6.79 Å². The Kier molecular flexibility index (Phi) is 8.80. The first-order chi connectivity index (χ1) is 15.6. The number of carbonyl (C=O) groups is 2. The molecule has 0 aliphatic heterocycles. The summed E-state index contributed by atoms with van der Waals surface area (Å²) in [4.78, 5) is 24.4. The molecule has 2 N–H and O–H groups in total. The number of nitrogens with one attached hydrogen (secondary N) is 1.